The van der Waals surface area contributed by atoms with Gasteiger partial charge in [0.2, 0.25) is 0 Å². The fourth-order valence-electron chi connectivity index (χ4n) is 1.46. The minimum absolute atomic E-state index is 0.0227. The van der Waals surface area contributed by atoms with Crippen molar-refractivity contribution in [2.75, 3.05) is 7.11 Å². The molecule has 0 radical (unpaired) electrons. The quantitative estimate of drug-likeness (QED) is 0.779. The monoisotopic (exact) mass is 232 g/mol. The number of rotatable bonds is 4. The van der Waals surface area contributed by atoms with Gasteiger partial charge in [0.15, 0.2) is 5.82 Å². The molecule has 0 saturated heterocycles. The zero-order chi connectivity index (χ0) is 12.3. The lowest BCUT2D eigenvalue weighted by Crippen LogP contribution is -2.07. The molecule has 0 saturated carbocycles. The molecule has 0 fully saturated rings. The van der Waals surface area contributed by atoms with E-state index in [1.807, 2.05) is 24.3 Å². The van der Waals surface area contributed by atoms with Gasteiger partial charge in [-0.2, -0.15) is 4.68 Å². The van der Waals surface area contributed by atoms with E-state index in [-0.39, 0.29) is 12.2 Å². The summed E-state index contributed by atoms with van der Waals surface area (Å²) in [5.41, 5.74) is 0.798. The van der Waals surface area contributed by atoms with E-state index < -0.39 is 0 Å². The van der Waals surface area contributed by atoms with Gasteiger partial charge in [-0.25, -0.2) is 0 Å². The number of nitrogens with zero attached hydrogens (tertiary/aromatic N) is 4. The lowest BCUT2D eigenvalue weighted by atomic mass is 10.2. The zero-order valence-electron chi connectivity index (χ0n) is 9.62. The number of carbonyl (C=O) groups excluding carboxylic acids is 1. The number of methoxy groups -OCH3 is 1. The van der Waals surface area contributed by atoms with Gasteiger partial charge in [-0.1, -0.05) is 0 Å². The number of hydrogen-bond acceptors (Lipinski definition) is 5. The minimum Gasteiger partial charge on any atom is -0.497 e. The number of ether oxygens (including phenoxy) is 1. The molecular weight excluding hydrogens is 220 g/mol. The van der Waals surface area contributed by atoms with Crippen LogP contribution in [0, 0.1) is 0 Å². The van der Waals surface area contributed by atoms with Crippen LogP contribution < -0.4 is 4.74 Å². The van der Waals surface area contributed by atoms with Crippen LogP contribution in [0.3, 0.4) is 0 Å². The van der Waals surface area contributed by atoms with Gasteiger partial charge in [0.05, 0.1) is 19.2 Å². The van der Waals surface area contributed by atoms with E-state index in [4.69, 9.17) is 4.74 Å². The smallest absolute Gasteiger partial charge is 0.164 e. The predicted molar refractivity (Wildman–Crippen MR) is 60.1 cm³/mol. The summed E-state index contributed by atoms with van der Waals surface area (Å²) in [4.78, 5) is 11.1. The molecular formula is C11H12N4O2. The Morgan fingerprint density at radius 1 is 1.35 bits per heavy atom. The molecule has 17 heavy (non-hydrogen) atoms. The van der Waals surface area contributed by atoms with Gasteiger partial charge in [-0.05, 0) is 41.6 Å². The maximum absolute atomic E-state index is 11.1. The first-order valence-corrected chi connectivity index (χ1v) is 5.12. The number of benzene rings is 1. The van der Waals surface area contributed by atoms with Crippen LogP contribution in [0.15, 0.2) is 24.3 Å². The largest absolute Gasteiger partial charge is 0.497 e. The van der Waals surface area contributed by atoms with Crippen molar-refractivity contribution in [2.24, 2.45) is 0 Å². The predicted octanol–water partition coefficient (Wildman–Crippen LogP) is 0.802. The normalized spacial score (nSPS) is 10.2. The number of carbonyl (C=O) groups is 1. The summed E-state index contributed by atoms with van der Waals surface area (Å²) in [5.74, 6) is 1.31. The summed E-state index contributed by atoms with van der Waals surface area (Å²) in [6, 6.07) is 7.29. The average molecular weight is 232 g/mol. The summed E-state index contributed by atoms with van der Waals surface area (Å²) in [6.45, 7) is 1.51. The highest BCUT2D eigenvalue weighted by Gasteiger charge is 2.10. The summed E-state index contributed by atoms with van der Waals surface area (Å²) < 4.78 is 6.61. The summed E-state index contributed by atoms with van der Waals surface area (Å²) >= 11 is 0. The van der Waals surface area contributed by atoms with Gasteiger partial charge in [0.25, 0.3) is 0 Å². The summed E-state index contributed by atoms with van der Waals surface area (Å²) in [5, 5.41) is 11.3. The summed E-state index contributed by atoms with van der Waals surface area (Å²) in [6.07, 6.45) is 0.221. The Balaban J connectivity index is 2.32. The van der Waals surface area contributed by atoms with Crippen LogP contribution >= 0.6 is 0 Å². The van der Waals surface area contributed by atoms with Gasteiger partial charge in [0, 0.05) is 0 Å². The molecule has 0 aliphatic carbocycles. The summed E-state index contributed by atoms with van der Waals surface area (Å²) in [7, 11) is 1.60. The minimum atomic E-state index is 0.0227. The molecule has 1 aromatic heterocycles. The lowest BCUT2D eigenvalue weighted by molar-refractivity contribution is -0.116. The Morgan fingerprint density at radius 2 is 2.06 bits per heavy atom. The first-order chi connectivity index (χ1) is 8.20. The fraction of sp³-hybridized carbons (Fsp3) is 0.273. The Hall–Kier alpha value is -2.24. The molecule has 0 amide bonds. The second-order valence-electron chi connectivity index (χ2n) is 3.58. The second kappa shape index (κ2) is 4.73. The number of hydrogen-bond donors (Lipinski definition) is 0. The molecule has 88 valence electrons. The van der Waals surface area contributed by atoms with Crippen molar-refractivity contribution in [3.8, 4) is 11.4 Å². The molecule has 0 atom stereocenters. The van der Waals surface area contributed by atoms with E-state index in [1.165, 1.54) is 6.92 Å². The SMILES string of the molecule is COc1ccc(-n2nnnc2CC(C)=O)cc1. The number of tetrazole rings is 1. The van der Waals surface area contributed by atoms with E-state index in [1.54, 1.807) is 11.8 Å². The molecule has 0 spiro atoms. The van der Waals surface area contributed by atoms with E-state index in [0.717, 1.165) is 11.4 Å². The molecule has 2 aromatic rings. The molecule has 0 N–H and O–H groups in total. The molecule has 2 rings (SSSR count). The van der Waals surface area contributed by atoms with Gasteiger partial charge in [-0.3, -0.25) is 4.79 Å². The Bertz CT molecular complexity index is 519. The fourth-order valence-corrected chi connectivity index (χ4v) is 1.46. The van der Waals surface area contributed by atoms with E-state index >= 15 is 0 Å². The number of aromatic nitrogens is 4. The lowest BCUT2D eigenvalue weighted by Gasteiger charge is -2.04. The topological polar surface area (TPSA) is 69.9 Å². The molecule has 0 unspecified atom stereocenters. The Labute approximate surface area is 98.2 Å². The van der Waals surface area contributed by atoms with Crippen LogP contribution in [-0.4, -0.2) is 33.1 Å². The van der Waals surface area contributed by atoms with Crippen molar-refractivity contribution in [1.29, 1.82) is 0 Å². The van der Waals surface area contributed by atoms with Crippen LogP contribution in [0.1, 0.15) is 12.7 Å². The number of ketones is 1. The molecule has 0 aliphatic heterocycles. The van der Waals surface area contributed by atoms with Crippen LogP contribution in [-0.2, 0) is 11.2 Å². The highest BCUT2D eigenvalue weighted by Crippen LogP contribution is 2.14. The van der Waals surface area contributed by atoms with E-state index in [2.05, 4.69) is 15.5 Å². The standard InChI is InChI=1S/C11H12N4O2/c1-8(16)7-11-12-13-14-15(11)9-3-5-10(17-2)6-4-9/h3-6H,7H2,1-2H3. The molecule has 0 bridgehead atoms. The molecule has 6 heteroatoms. The molecule has 6 nitrogen and oxygen atoms in total. The second-order valence-corrected chi connectivity index (χ2v) is 3.58. The van der Waals surface area contributed by atoms with Crippen molar-refractivity contribution in [3.05, 3.63) is 30.1 Å². The maximum atomic E-state index is 11.1. The highest BCUT2D eigenvalue weighted by atomic mass is 16.5. The van der Waals surface area contributed by atoms with Gasteiger partial charge < -0.3 is 4.74 Å². The first kappa shape index (κ1) is 11.3. The Kier molecular flexibility index (Phi) is 3.13. The van der Waals surface area contributed by atoms with Crippen molar-refractivity contribution >= 4 is 5.78 Å². The van der Waals surface area contributed by atoms with E-state index in [0.29, 0.717) is 5.82 Å². The maximum Gasteiger partial charge on any atom is 0.164 e. The van der Waals surface area contributed by atoms with E-state index in [9.17, 15) is 4.79 Å². The zero-order valence-corrected chi connectivity index (χ0v) is 9.62. The van der Waals surface area contributed by atoms with Gasteiger partial charge in [-0.15, -0.1) is 5.10 Å². The first-order valence-electron chi connectivity index (χ1n) is 5.12. The third kappa shape index (κ3) is 2.47. The van der Waals surface area contributed by atoms with Crippen molar-refractivity contribution in [3.63, 3.8) is 0 Å². The number of Topliss-reactive ketones (excluding diaryl/α,β-unsaturated/α-hetero) is 1. The Morgan fingerprint density at radius 3 is 2.65 bits per heavy atom. The third-order valence-corrected chi connectivity index (χ3v) is 2.26. The van der Waals surface area contributed by atoms with Crippen molar-refractivity contribution in [2.45, 2.75) is 13.3 Å². The van der Waals surface area contributed by atoms with Crippen LogP contribution in [0.5, 0.6) is 5.75 Å². The van der Waals surface area contributed by atoms with Gasteiger partial charge >= 0.3 is 0 Å². The van der Waals surface area contributed by atoms with Gasteiger partial charge in [0.1, 0.15) is 11.5 Å². The molecule has 0 aliphatic rings. The molecule has 1 aromatic carbocycles. The average Bonchev–Trinajstić information content (AvgIpc) is 2.76. The van der Waals surface area contributed by atoms with Crippen LogP contribution in [0.2, 0.25) is 0 Å². The van der Waals surface area contributed by atoms with Crippen LogP contribution in [0.4, 0.5) is 0 Å². The third-order valence-electron chi connectivity index (χ3n) is 2.26. The van der Waals surface area contributed by atoms with Crippen molar-refractivity contribution in [1.82, 2.24) is 20.2 Å². The molecule has 1 heterocycles. The van der Waals surface area contributed by atoms with Crippen molar-refractivity contribution < 1.29 is 9.53 Å². The highest BCUT2D eigenvalue weighted by molar-refractivity contribution is 5.77. The van der Waals surface area contributed by atoms with Crippen LogP contribution in [0.25, 0.3) is 5.69 Å².